The number of amides is 1. The number of methoxy groups -OCH3 is 1. The monoisotopic (exact) mass is 341 g/mol. The van der Waals surface area contributed by atoms with E-state index in [0.29, 0.717) is 31.8 Å². The minimum Gasteiger partial charge on any atom is -0.453 e. The van der Waals surface area contributed by atoms with Crippen molar-refractivity contribution in [1.29, 1.82) is 0 Å². The number of carbonyl (C=O) groups is 2. The Hall–Kier alpha value is -2.63. The van der Waals surface area contributed by atoms with Gasteiger partial charge in [0.15, 0.2) is 5.82 Å². The Morgan fingerprint density at radius 2 is 1.92 bits per heavy atom. The first-order valence-electron chi connectivity index (χ1n) is 8.61. The number of aryl methyl sites for hydroxylation is 2. The zero-order chi connectivity index (χ0) is 17.6. The number of ether oxygens (including phenoxy) is 1. The summed E-state index contributed by atoms with van der Waals surface area (Å²) >= 11 is 0. The molecule has 1 aromatic carbocycles. The Bertz CT molecular complexity index is 719. The summed E-state index contributed by atoms with van der Waals surface area (Å²) in [5.74, 6) is 0.508. The van der Waals surface area contributed by atoms with Gasteiger partial charge in [-0.25, -0.2) is 9.78 Å². The van der Waals surface area contributed by atoms with E-state index in [0.717, 1.165) is 13.0 Å². The van der Waals surface area contributed by atoms with Gasteiger partial charge in [0.05, 0.1) is 7.11 Å². The number of rotatable bonds is 5. The minimum absolute atomic E-state index is 0.0718. The second-order valence-electron chi connectivity index (χ2n) is 6.28. The fourth-order valence-electron chi connectivity index (χ4n) is 3.24. The number of hydrogen-bond acceptors (Lipinski definition) is 4. The lowest BCUT2D eigenvalue weighted by molar-refractivity contribution is 0.0780. The van der Waals surface area contributed by atoms with Crippen LogP contribution in [0.1, 0.15) is 29.0 Å². The first-order chi connectivity index (χ1) is 12.2. The van der Waals surface area contributed by atoms with E-state index in [4.69, 9.17) is 4.74 Å². The first-order valence-corrected chi connectivity index (χ1v) is 8.61. The third-order valence-corrected chi connectivity index (χ3v) is 4.72. The number of piperidine rings is 1. The van der Waals surface area contributed by atoms with E-state index < -0.39 is 0 Å². The third kappa shape index (κ3) is 4.07. The van der Waals surface area contributed by atoms with Crippen molar-refractivity contribution in [2.24, 2.45) is 5.92 Å². The molecule has 2 aromatic rings. The van der Waals surface area contributed by atoms with Crippen molar-refractivity contribution >= 4 is 11.9 Å². The molecule has 0 atom stereocenters. The normalized spacial score (nSPS) is 15.2. The van der Waals surface area contributed by atoms with E-state index in [9.17, 15) is 9.59 Å². The molecule has 1 aliphatic rings. The number of aromatic nitrogens is 2. The molecule has 0 unspecified atom stereocenters. The van der Waals surface area contributed by atoms with Crippen LogP contribution in [0.3, 0.4) is 0 Å². The van der Waals surface area contributed by atoms with Crippen LogP contribution in [-0.2, 0) is 17.7 Å². The molecule has 25 heavy (non-hydrogen) atoms. The summed E-state index contributed by atoms with van der Waals surface area (Å²) in [5.41, 5.74) is 1.24. The van der Waals surface area contributed by atoms with Crippen molar-refractivity contribution < 1.29 is 14.3 Å². The van der Waals surface area contributed by atoms with Gasteiger partial charge in [-0.05, 0) is 24.8 Å². The molecule has 2 heterocycles. The molecular formula is C19H23N3O3. The Morgan fingerprint density at radius 1 is 1.20 bits per heavy atom. The predicted molar refractivity (Wildman–Crippen MR) is 93.4 cm³/mol. The molecule has 0 radical (unpaired) electrons. The molecule has 1 aliphatic heterocycles. The molecule has 1 aromatic heterocycles. The van der Waals surface area contributed by atoms with Crippen LogP contribution < -0.4 is 0 Å². The van der Waals surface area contributed by atoms with Gasteiger partial charge in [0.2, 0.25) is 5.78 Å². The lowest BCUT2D eigenvalue weighted by Gasteiger charge is -2.30. The maximum atomic E-state index is 12.8. The van der Waals surface area contributed by atoms with Gasteiger partial charge in [0.25, 0.3) is 0 Å². The standard InChI is InChI=1S/C19H23N3O3/c1-25-19(24)22-12-8-16(9-13-22)17(23)18-20-10-14-21(18)11-7-15-5-3-2-4-6-15/h2-6,10,14,16H,7-9,11-13H2,1H3. The van der Waals surface area contributed by atoms with E-state index in [1.54, 1.807) is 11.1 Å². The zero-order valence-corrected chi connectivity index (χ0v) is 14.4. The molecular weight excluding hydrogens is 318 g/mol. The zero-order valence-electron chi connectivity index (χ0n) is 14.4. The van der Waals surface area contributed by atoms with Gasteiger partial charge in [0, 0.05) is 37.9 Å². The molecule has 3 rings (SSSR count). The lowest BCUT2D eigenvalue weighted by Crippen LogP contribution is -2.40. The quantitative estimate of drug-likeness (QED) is 0.785. The first kappa shape index (κ1) is 17.2. The van der Waals surface area contributed by atoms with Crippen molar-refractivity contribution in [3.8, 4) is 0 Å². The van der Waals surface area contributed by atoms with Gasteiger partial charge in [-0.15, -0.1) is 0 Å². The Balaban J connectivity index is 1.60. The van der Waals surface area contributed by atoms with Crippen LogP contribution in [0.2, 0.25) is 0 Å². The van der Waals surface area contributed by atoms with Gasteiger partial charge >= 0.3 is 6.09 Å². The SMILES string of the molecule is COC(=O)N1CCC(C(=O)c2nccn2CCc2ccccc2)CC1. The van der Waals surface area contributed by atoms with E-state index in [1.165, 1.54) is 12.7 Å². The summed E-state index contributed by atoms with van der Waals surface area (Å²) < 4.78 is 6.67. The van der Waals surface area contributed by atoms with Crippen LogP contribution in [0, 0.1) is 5.92 Å². The van der Waals surface area contributed by atoms with Crippen LogP contribution in [-0.4, -0.2) is 46.5 Å². The highest BCUT2D eigenvalue weighted by Crippen LogP contribution is 2.22. The minimum atomic E-state index is -0.324. The Morgan fingerprint density at radius 3 is 2.60 bits per heavy atom. The summed E-state index contributed by atoms with van der Waals surface area (Å²) in [7, 11) is 1.38. The summed E-state index contributed by atoms with van der Waals surface area (Å²) in [6.07, 6.45) is 5.38. The third-order valence-electron chi connectivity index (χ3n) is 4.72. The summed E-state index contributed by atoms with van der Waals surface area (Å²) in [6.45, 7) is 1.83. The number of ketones is 1. The van der Waals surface area contributed by atoms with Crippen LogP contribution >= 0.6 is 0 Å². The maximum Gasteiger partial charge on any atom is 0.409 e. The highest BCUT2D eigenvalue weighted by molar-refractivity contribution is 5.94. The molecule has 0 N–H and O–H groups in total. The molecule has 132 valence electrons. The van der Waals surface area contributed by atoms with Gasteiger partial charge in [-0.3, -0.25) is 4.79 Å². The highest BCUT2D eigenvalue weighted by Gasteiger charge is 2.30. The van der Waals surface area contributed by atoms with Crippen LogP contribution in [0.5, 0.6) is 0 Å². The van der Waals surface area contributed by atoms with Gasteiger partial charge in [-0.2, -0.15) is 0 Å². The molecule has 1 amide bonds. The number of Topliss-reactive ketones (excluding diaryl/α,β-unsaturated/α-hetero) is 1. The van der Waals surface area contributed by atoms with Crippen molar-refractivity contribution in [2.45, 2.75) is 25.8 Å². The molecule has 0 saturated carbocycles. The summed E-state index contributed by atoms with van der Waals surface area (Å²) in [6, 6.07) is 10.2. The van der Waals surface area contributed by atoms with E-state index in [2.05, 4.69) is 17.1 Å². The van der Waals surface area contributed by atoms with Gasteiger partial charge < -0.3 is 14.2 Å². The van der Waals surface area contributed by atoms with Crippen molar-refractivity contribution in [2.75, 3.05) is 20.2 Å². The average molecular weight is 341 g/mol. The number of imidazole rings is 1. The molecule has 1 saturated heterocycles. The summed E-state index contributed by atoms with van der Waals surface area (Å²) in [5, 5.41) is 0. The molecule has 6 heteroatoms. The van der Waals surface area contributed by atoms with Crippen molar-refractivity contribution in [3.63, 3.8) is 0 Å². The van der Waals surface area contributed by atoms with Crippen LogP contribution in [0.15, 0.2) is 42.7 Å². The number of likely N-dealkylation sites (tertiary alicyclic amines) is 1. The molecule has 0 aliphatic carbocycles. The fourth-order valence-corrected chi connectivity index (χ4v) is 3.24. The topological polar surface area (TPSA) is 64.4 Å². The second-order valence-corrected chi connectivity index (χ2v) is 6.28. The molecule has 0 spiro atoms. The predicted octanol–water partition coefficient (Wildman–Crippen LogP) is 2.79. The Labute approximate surface area is 147 Å². The number of hydrogen-bond donors (Lipinski definition) is 0. The van der Waals surface area contributed by atoms with E-state index in [1.807, 2.05) is 29.0 Å². The maximum absolute atomic E-state index is 12.8. The van der Waals surface area contributed by atoms with E-state index >= 15 is 0 Å². The number of nitrogens with zero attached hydrogens (tertiary/aromatic N) is 3. The largest absolute Gasteiger partial charge is 0.453 e. The summed E-state index contributed by atoms with van der Waals surface area (Å²) in [4.78, 5) is 30.3. The van der Waals surface area contributed by atoms with Gasteiger partial charge in [-0.1, -0.05) is 30.3 Å². The van der Waals surface area contributed by atoms with Crippen LogP contribution in [0.25, 0.3) is 0 Å². The van der Waals surface area contributed by atoms with Crippen molar-refractivity contribution in [1.82, 2.24) is 14.5 Å². The molecule has 1 fully saturated rings. The molecule has 0 bridgehead atoms. The van der Waals surface area contributed by atoms with Crippen molar-refractivity contribution in [3.05, 3.63) is 54.1 Å². The number of benzene rings is 1. The average Bonchev–Trinajstić information content (AvgIpc) is 3.14. The second kappa shape index (κ2) is 7.96. The van der Waals surface area contributed by atoms with E-state index in [-0.39, 0.29) is 17.8 Å². The molecule has 6 nitrogen and oxygen atoms in total. The highest BCUT2D eigenvalue weighted by atomic mass is 16.5. The number of carbonyl (C=O) groups excluding carboxylic acids is 2. The smallest absolute Gasteiger partial charge is 0.409 e. The Kier molecular flexibility index (Phi) is 5.48. The lowest BCUT2D eigenvalue weighted by atomic mass is 9.92. The van der Waals surface area contributed by atoms with Crippen LogP contribution in [0.4, 0.5) is 4.79 Å². The van der Waals surface area contributed by atoms with Gasteiger partial charge in [0.1, 0.15) is 0 Å². The fraction of sp³-hybridized carbons (Fsp3) is 0.421.